The van der Waals surface area contributed by atoms with Crippen molar-refractivity contribution in [3.05, 3.63) is 106 Å². The van der Waals surface area contributed by atoms with E-state index in [4.69, 9.17) is 4.74 Å². The number of rotatable bonds is 5. The number of pyridine rings is 1. The topological polar surface area (TPSA) is 120 Å². The molecule has 3 aromatic heterocycles. The van der Waals surface area contributed by atoms with Crippen molar-refractivity contribution in [3.63, 3.8) is 0 Å². The van der Waals surface area contributed by atoms with E-state index < -0.39 is 11.8 Å². The molecule has 0 radical (unpaired) electrons. The second kappa shape index (κ2) is 9.10. The highest BCUT2D eigenvalue weighted by Crippen LogP contribution is 2.16. The van der Waals surface area contributed by atoms with E-state index in [1.807, 2.05) is 35.0 Å². The van der Waals surface area contributed by atoms with E-state index in [1.54, 1.807) is 48.5 Å². The van der Waals surface area contributed by atoms with Crippen LogP contribution in [0.1, 0.15) is 26.5 Å². The molecular weight excluding hydrogens is 448 g/mol. The molecule has 10 nitrogen and oxygen atoms in total. The number of nitrogens with zero attached hydrogens (tertiary/aromatic N) is 4. The third-order valence-electron chi connectivity index (χ3n) is 5.36. The summed E-state index contributed by atoms with van der Waals surface area (Å²) in [7, 11) is 1.46. The van der Waals surface area contributed by atoms with Crippen molar-refractivity contribution in [2.45, 2.75) is 6.61 Å². The molecule has 0 unspecified atom stereocenters. The Morgan fingerprint density at radius 1 is 0.943 bits per heavy atom. The quantitative estimate of drug-likeness (QED) is 0.382. The van der Waals surface area contributed by atoms with Crippen LogP contribution in [0.5, 0.6) is 5.75 Å². The highest BCUT2D eigenvalue weighted by molar-refractivity contribution is 6.06. The fraction of sp³-hybridized carbons (Fsp3) is 0.0800. The number of amides is 2. The number of ether oxygens (including phenoxy) is 1. The number of aryl methyl sites for hydroxylation is 1. The summed E-state index contributed by atoms with van der Waals surface area (Å²) >= 11 is 0. The Morgan fingerprint density at radius 2 is 1.71 bits per heavy atom. The number of nitrogens with one attached hydrogen (secondary N) is 2. The van der Waals surface area contributed by atoms with Crippen LogP contribution in [-0.4, -0.2) is 31.0 Å². The summed E-state index contributed by atoms with van der Waals surface area (Å²) in [6.07, 6.45) is 3.77. The average molecular weight is 468 g/mol. The van der Waals surface area contributed by atoms with Gasteiger partial charge in [0.1, 0.15) is 18.0 Å². The summed E-state index contributed by atoms with van der Waals surface area (Å²) in [6.45, 7) is 0.231. The minimum absolute atomic E-state index is 0.0209. The maximum absolute atomic E-state index is 12.7. The maximum atomic E-state index is 12.7. The largest absolute Gasteiger partial charge is 0.487 e. The monoisotopic (exact) mass is 468 g/mol. The smallest absolute Gasteiger partial charge is 0.290 e. The number of imidazole rings is 1. The molecule has 10 heteroatoms. The Bertz CT molecular complexity index is 1610. The van der Waals surface area contributed by atoms with Gasteiger partial charge in [-0.25, -0.2) is 9.67 Å². The molecule has 0 aliphatic carbocycles. The highest BCUT2D eigenvalue weighted by Gasteiger charge is 2.17. The third-order valence-corrected chi connectivity index (χ3v) is 5.36. The van der Waals surface area contributed by atoms with Crippen LogP contribution in [0.15, 0.2) is 83.9 Å². The highest BCUT2D eigenvalue weighted by atomic mass is 16.5. The van der Waals surface area contributed by atoms with Gasteiger partial charge >= 0.3 is 0 Å². The molecule has 0 spiro atoms. The first kappa shape index (κ1) is 21.8. The molecule has 5 rings (SSSR count). The summed E-state index contributed by atoms with van der Waals surface area (Å²) in [4.78, 5) is 42.1. The van der Waals surface area contributed by atoms with Crippen molar-refractivity contribution in [1.82, 2.24) is 30.0 Å². The number of hydrogen-bond donors (Lipinski definition) is 2. The van der Waals surface area contributed by atoms with Crippen LogP contribution >= 0.6 is 0 Å². The first-order chi connectivity index (χ1) is 17.0. The van der Waals surface area contributed by atoms with Crippen molar-refractivity contribution in [1.29, 1.82) is 0 Å². The summed E-state index contributed by atoms with van der Waals surface area (Å²) in [5.41, 5.74) is 6.29. The van der Waals surface area contributed by atoms with Crippen molar-refractivity contribution < 1.29 is 14.3 Å². The summed E-state index contributed by atoms with van der Waals surface area (Å²) < 4.78 is 8.78. The maximum Gasteiger partial charge on any atom is 0.290 e. The Balaban J connectivity index is 1.25. The Hall–Kier alpha value is -4.99. The molecule has 0 atom stereocenters. The molecule has 0 saturated heterocycles. The molecule has 2 N–H and O–H groups in total. The van der Waals surface area contributed by atoms with E-state index in [-0.39, 0.29) is 23.4 Å². The van der Waals surface area contributed by atoms with Gasteiger partial charge in [-0.3, -0.25) is 25.2 Å². The van der Waals surface area contributed by atoms with E-state index in [1.165, 1.54) is 7.05 Å². The SMILES string of the molecule is Cn1nc(C(=O)NNC(=O)c2cccc(OCc3cn4ccccc4n3)c2)c2ccccc2c1=O. The minimum Gasteiger partial charge on any atom is -0.487 e. The van der Waals surface area contributed by atoms with Crippen LogP contribution in [-0.2, 0) is 13.7 Å². The zero-order valence-electron chi connectivity index (χ0n) is 18.6. The van der Waals surface area contributed by atoms with E-state index in [9.17, 15) is 14.4 Å². The zero-order chi connectivity index (χ0) is 24.4. The Kier molecular flexibility index (Phi) is 5.68. The molecule has 0 saturated carbocycles. The zero-order valence-corrected chi connectivity index (χ0v) is 18.6. The first-order valence-electron chi connectivity index (χ1n) is 10.7. The lowest BCUT2D eigenvalue weighted by Gasteiger charge is -2.11. The number of aromatic nitrogens is 4. The van der Waals surface area contributed by atoms with Crippen LogP contribution in [0, 0.1) is 0 Å². The molecule has 0 aliphatic rings. The molecule has 174 valence electrons. The number of fused-ring (bicyclic) bond motifs is 2. The number of hydrazine groups is 1. The van der Waals surface area contributed by atoms with E-state index in [0.29, 0.717) is 16.5 Å². The molecule has 35 heavy (non-hydrogen) atoms. The van der Waals surface area contributed by atoms with Crippen LogP contribution in [0.25, 0.3) is 16.4 Å². The van der Waals surface area contributed by atoms with Crippen LogP contribution in [0.3, 0.4) is 0 Å². The third kappa shape index (κ3) is 4.44. The lowest BCUT2D eigenvalue weighted by molar-refractivity contribution is 0.0843. The normalized spacial score (nSPS) is 10.9. The number of hydrogen-bond acceptors (Lipinski definition) is 6. The molecule has 0 fully saturated rings. The standard InChI is InChI=1S/C25H20N6O4/c1-30-25(34)20-10-3-2-9-19(20)22(29-30)24(33)28-27-23(32)16-7-6-8-18(13-16)35-15-17-14-31-12-5-4-11-21(31)26-17/h2-14H,15H2,1H3,(H,27,32)(H,28,33). The molecule has 0 bridgehead atoms. The van der Waals surface area contributed by atoms with Gasteiger partial charge in [0, 0.05) is 30.4 Å². The van der Waals surface area contributed by atoms with Gasteiger partial charge in [-0.2, -0.15) is 5.10 Å². The number of benzene rings is 2. The fourth-order valence-corrected chi connectivity index (χ4v) is 3.65. The van der Waals surface area contributed by atoms with Crippen molar-refractivity contribution >= 4 is 28.2 Å². The van der Waals surface area contributed by atoms with Gasteiger partial charge in [-0.1, -0.05) is 30.3 Å². The van der Waals surface area contributed by atoms with Gasteiger partial charge in [-0.15, -0.1) is 0 Å². The minimum atomic E-state index is -0.649. The van der Waals surface area contributed by atoms with Crippen LogP contribution in [0.4, 0.5) is 0 Å². The van der Waals surface area contributed by atoms with Gasteiger partial charge in [0.25, 0.3) is 17.4 Å². The molecular formula is C25H20N6O4. The van der Waals surface area contributed by atoms with Gasteiger partial charge in [0.05, 0.1) is 11.1 Å². The summed E-state index contributed by atoms with van der Waals surface area (Å²) in [5, 5.41) is 4.80. The summed E-state index contributed by atoms with van der Waals surface area (Å²) in [6, 6.07) is 18.9. The number of carbonyl (C=O) groups is 2. The van der Waals surface area contributed by atoms with Gasteiger partial charge in [0.15, 0.2) is 5.69 Å². The second-order valence-electron chi connectivity index (χ2n) is 7.75. The van der Waals surface area contributed by atoms with Gasteiger partial charge in [0.2, 0.25) is 0 Å². The molecule has 5 aromatic rings. The van der Waals surface area contributed by atoms with Gasteiger partial charge in [-0.05, 0) is 36.4 Å². The van der Waals surface area contributed by atoms with E-state index >= 15 is 0 Å². The molecule has 0 aliphatic heterocycles. The van der Waals surface area contributed by atoms with Crippen molar-refractivity contribution in [2.24, 2.45) is 7.05 Å². The molecule has 2 amide bonds. The predicted molar refractivity (Wildman–Crippen MR) is 128 cm³/mol. The first-order valence-corrected chi connectivity index (χ1v) is 10.7. The van der Waals surface area contributed by atoms with Crippen LogP contribution < -0.4 is 21.1 Å². The van der Waals surface area contributed by atoms with Gasteiger partial charge < -0.3 is 9.14 Å². The van der Waals surface area contributed by atoms with E-state index in [2.05, 4.69) is 20.9 Å². The molecule has 2 aromatic carbocycles. The lowest BCUT2D eigenvalue weighted by atomic mass is 10.1. The fourth-order valence-electron chi connectivity index (χ4n) is 3.65. The predicted octanol–water partition coefficient (Wildman–Crippen LogP) is 2.23. The Morgan fingerprint density at radius 3 is 2.54 bits per heavy atom. The van der Waals surface area contributed by atoms with E-state index in [0.717, 1.165) is 16.0 Å². The summed E-state index contributed by atoms with van der Waals surface area (Å²) in [5.74, 6) is -0.707. The Labute approximate surface area is 198 Å². The number of carbonyl (C=O) groups excluding carboxylic acids is 2. The van der Waals surface area contributed by atoms with Crippen LogP contribution in [0.2, 0.25) is 0 Å². The lowest BCUT2D eigenvalue weighted by Crippen LogP contribution is -2.42. The second-order valence-corrected chi connectivity index (χ2v) is 7.75. The van der Waals surface area contributed by atoms with Crippen molar-refractivity contribution in [3.8, 4) is 5.75 Å². The molecule has 3 heterocycles. The average Bonchev–Trinajstić information content (AvgIpc) is 3.31. The van der Waals surface area contributed by atoms with Crippen molar-refractivity contribution in [2.75, 3.05) is 0 Å².